The maximum atomic E-state index is 12.1. The first-order valence-corrected chi connectivity index (χ1v) is 9.24. The molecular formula is C17H15Cl2NO3S. The summed E-state index contributed by atoms with van der Waals surface area (Å²) in [7, 11) is 0. The van der Waals surface area contributed by atoms with Crippen LogP contribution in [0.3, 0.4) is 0 Å². The molecule has 0 fully saturated rings. The molecule has 2 aromatic rings. The molecule has 4 nitrogen and oxygen atoms in total. The van der Waals surface area contributed by atoms with Gasteiger partial charge < -0.3 is 14.8 Å². The van der Waals surface area contributed by atoms with Gasteiger partial charge in [0.25, 0.3) is 0 Å². The molecule has 0 spiro atoms. The average Bonchev–Trinajstić information content (AvgIpc) is 2.57. The topological polar surface area (TPSA) is 47.6 Å². The maximum absolute atomic E-state index is 12.1. The number of hydrogen-bond acceptors (Lipinski definition) is 4. The first kappa shape index (κ1) is 17.3. The lowest BCUT2D eigenvalue weighted by atomic mass is 10.2. The van der Waals surface area contributed by atoms with Crippen LogP contribution in [-0.2, 0) is 10.5 Å². The van der Waals surface area contributed by atoms with Crippen molar-refractivity contribution in [2.24, 2.45) is 0 Å². The number of ether oxygens (including phenoxy) is 2. The van der Waals surface area contributed by atoms with Crippen molar-refractivity contribution in [1.29, 1.82) is 0 Å². The van der Waals surface area contributed by atoms with Gasteiger partial charge in [0, 0.05) is 22.9 Å². The molecule has 126 valence electrons. The number of anilines is 1. The van der Waals surface area contributed by atoms with Crippen LogP contribution in [0.25, 0.3) is 0 Å². The Kier molecular flexibility index (Phi) is 5.76. The Labute approximate surface area is 154 Å². The summed E-state index contributed by atoms with van der Waals surface area (Å²) >= 11 is 13.5. The van der Waals surface area contributed by atoms with Crippen molar-refractivity contribution in [3.8, 4) is 11.5 Å². The van der Waals surface area contributed by atoms with Crippen molar-refractivity contribution in [3.63, 3.8) is 0 Å². The zero-order chi connectivity index (χ0) is 16.9. The first-order chi connectivity index (χ1) is 11.6. The number of halogens is 2. The van der Waals surface area contributed by atoms with Gasteiger partial charge in [0.2, 0.25) is 5.91 Å². The predicted molar refractivity (Wildman–Crippen MR) is 98.7 cm³/mol. The highest BCUT2D eigenvalue weighted by Gasteiger charge is 2.16. The van der Waals surface area contributed by atoms with E-state index in [1.807, 2.05) is 24.3 Å². The third-order valence-corrected chi connectivity index (χ3v) is 4.89. The lowest BCUT2D eigenvalue weighted by molar-refractivity contribution is -0.113. The van der Waals surface area contributed by atoms with Gasteiger partial charge in [-0.2, -0.15) is 0 Å². The Hall–Kier alpha value is -1.56. The van der Waals surface area contributed by atoms with Gasteiger partial charge in [0.05, 0.1) is 16.5 Å². The fraction of sp³-hybridized carbons (Fsp3) is 0.235. The van der Waals surface area contributed by atoms with Gasteiger partial charge in [0.15, 0.2) is 11.5 Å². The van der Waals surface area contributed by atoms with Crippen molar-refractivity contribution in [3.05, 3.63) is 52.0 Å². The molecule has 0 atom stereocenters. The Morgan fingerprint density at radius 2 is 1.75 bits per heavy atom. The predicted octanol–water partition coefficient (Wildman–Crippen LogP) is 4.64. The average molecular weight is 384 g/mol. The fourth-order valence-electron chi connectivity index (χ4n) is 2.19. The third-order valence-electron chi connectivity index (χ3n) is 3.32. The first-order valence-electron chi connectivity index (χ1n) is 7.33. The highest BCUT2D eigenvalue weighted by atomic mass is 35.5. The van der Waals surface area contributed by atoms with Crippen LogP contribution >= 0.6 is 35.0 Å². The molecule has 1 aliphatic heterocycles. The summed E-state index contributed by atoms with van der Waals surface area (Å²) < 4.78 is 10.9. The second-order valence-corrected chi connectivity index (χ2v) is 6.97. The summed E-state index contributed by atoms with van der Waals surface area (Å²) in [5, 5.41) is 3.94. The van der Waals surface area contributed by atoms with Crippen LogP contribution in [0.4, 0.5) is 5.69 Å². The Morgan fingerprint density at radius 1 is 1.08 bits per heavy atom. The van der Waals surface area contributed by atoms with E-state index in [0.29, 0.717) is 46.2 Å². The molecule has 0 aliphatic carbocycles. The number of benzene rings is 2. The van der Waals surface area contributed by atoms with Crippen LogP contribution in [0.2, 0.25) is 10.0 Å². The van der Waals surface area contributed by atoms with E-state index in [2.05, 4.69) is 5.32 Å². The van der Waals surface area contributed by atoms with E-state index in [-0.39, 0.29) is 5.91 Å². The normalized spacial score (nSPS) is 12.8. The monoisotopic (exact) mass is 383 g/mol. The Morgan fingerprint density at radius 3 is 2.46 bits per heavy atom. The number of amides is 1. The zero-order valence-electron chi connectivity index (χ0n) is 12.7. The number of nitrogens with one attached hydrogen (secondary N) is 1. The smallest absolute Gasteiger partial charge is 0.234 e. The van der Waals surface area contributed by atoms with Crippen LogP contribution in [0.5, 0.6) is 11.5 Å². The van der Waals surface area contributed by atoms with Crippen molar-refractivity contribution in [1.82, 2.24) is 0 Å². The minimum Gasteiger partial charge on any atom is -0.486 e. The van der Waals surface area contributed by atoms with E-state index in [0.717, 1.165) is 11.3 Å². The molecule has 0 unspecified atom stereocenters. The SMILES string of the molecule is O=C(CSCc1ccc(Cl)cc1)Nc1cc2c(cc1Cl)OCCO2. The van der Waals surface area contributed by atoms with Crippen LogP contribution in [0.1, 0.15) is 5.56 Å². The Balaban J connectivity index is 1.54. The lowest BCUT2D eigenvalue weighted by Gasteiger charge is -2.20. The second-order valence-electron chi connectivity index (χ2n) is 5.14. The largest absolute Gasteiger partial charge is 0.486 e. The molecule has 1 amide bonds. The number of fused-ring (bicyclic) bond motifs is 1. The summed E-state index contributed by atoms with van der Waals surface area (Å²) in [4.78, 5) is 12.1. The molecule has 1 N–H and O–H groups in total. The fourth-order valence-corrected chi connectivity index (χ4v) is 3.30. The van der Waals surface area contributed by atoms with E-state index in [1.165, 1.54) is 11.8 Å². The zero-order valence-corrected chi connectivity index (χ0v) is 15.0. The molecule has 0 bridgehead atoms. The minimum absolute atomic E-state index is 0.118. The molecular weight excluding hydrogens is 369 g/mol. The van der Waals surface area contributed by atoms with E-state index in [4.69, 9.17) is 32.7 Å². The van der Waals surface area contributed by atoms with Gasteiger partial charge in [0.1, 0.15) is 13.2 Å². The maximum Gasteiger partial charge on any atom is 0.234 e. The van der Waals surface area contributed by atoms with Crippen molar-refractivity contribution < 1.29 is 14.3 Å². The quantitative estimate of drug-likeness (QED) is 0.816. The number of rotatable bonds is 5. The summed E-state index contributed by atoms with van der Waals surface area (Å²) in [6.45, 7) is 0.981. The summed E-state index contributed by atoms with van der Waals surface area (Å²) in [5.74, 6) is 2.14. The van der Waals surface area contributed by atoms with Gasteiger partial charge in [-0.3, -0.25) is 4.79 Å². The van der Waals surface area contributed by atoms with Crippen LogP contribution in [0, 0.1) is 0 Å². The molecule has 1 heterocycles. The summed E-state index contributed by atoms with van der Waals surface area (Å²) in [5.41, 5.74) is 1.65. The van der Waals surface area contributed by atoms with Crippen LogP contribution in [-0.4, -0.2) is 24.9 Å². The molecule has 1 aliphatic rings. The van der Waals surface area contributed by atoms with E-state index >= 15 is 0 Å². The number of carbonyl (C=O) groups is 1. The van der Waals surface area contributed by atoms with Gasteiger partial charge in [-0.05, 0) is 17.7 Å². The molecule has 0 aromatic heterocycles. The van der Waals surface area contributed by atoms with Crippen LogP contribution < -0.4 is 14.8 Å². The van der Waals surface area contributed by atoms with E-state index < -0.39 is 0 Å². The van der Waals surface area contributed by atoms with Gasteiger partial charge >= 0.3 is 0 Å². The molecule has 0 saturated heterocycles. The summed E-state index contributed by atoms with van der Waals surface area (Å²) in [6, 6.07) is 10.9. The molecule has 2 aromatic carbocycles. The molecule has 7 heteroatoms. The molecule has 0 radical (unpaired) electrons. The van der Waals surface area contributed by atoms with Gasteiger partial charge in [-0.25, -0.2) is 0 Å². The van der Waals surface area contributed by atoms with Gasteiger partial charge in [-0.1, -0.05) is 35.3 Å². The lowest BCUT2D eigenvalue weighted by Crippen LogP contribution is -2.17. The van der Waals surface area contributed by atoms with Crippen molar-refractivity contribution in [2.75, 3.05) is 24.3 Å². The number of carbonyl (C=O) groups excluding carboxylic acids is 1. The number of thioether (sulfide) groups is 1. The molecule has 24 heavy (non-hydrogen) atoms. The standard InChI is InChI=1S/C17H15Cl2NO3S/c18-12-3-1-11(2-4-12)9-24-10-17(21)20-14-8-16-15(7-13(14)19)22-5-6-23-16/h1-4,7-8H,5-6,9-10H2,(H,20,21). The third kappa shape index (κ3) is 4.50. The minimum atomic E-state index is -0.118. The Bertz CT molecular complexity index is 737. The van der Waals surface area contributed by atoms with Crippen molar-refractivity contribution >= 4 is 46.6 Å². The number of hydrogen-bond donors (Lipinski definition) is 1. The van der Waals surface area contributed by atoms with Crippen molar-refractivity contribution in [2.45, 2.75) is 5.75 Å². The van der Waals surface area contributed by atoms with Crippen LogP contribution in [0.15, 0.2) is 36.4 Å². The highest BCUT2D eigenvalue weighted by Crippen LogP contribution is 2.38. The van der Waals surface area contributed by atoms with Gasteiger partial charge in [-0.15, -0.1) is 11.8 Å². The van der Waals surface area contributed by atoms with E-state index in [9.17, 15) is 4.79 Å². The molecule has 3 rings (SSSR count). The second kappa shape index (κ2) is 8.01. The van der Waals surface area contributed by atoms with E-state index in [1.54, 1.807) is 12.1 Å². The molecule has 0 saturated carbocycles. The summed E-state index contributed by atoms with van der Waals surface area (Å²) in [6.07, 6.45) is 0. The highest BCUT2D eigenvalue weighted by molar-refractivity contribution is 7.99.